The minimum Gasteiger partial charge on any atom is -0.379 e. The van der Waals surface area contributed by atoms with Gasteiger partial charge in [0.1, 0.15) is 0 Å². The van der Waals surface area contributed by atoms with Crippen molar-refractivity contribution in [2.24, 2.45) is 5.73 Å². The van der Waals surface area contributed by atoms with Crippen LogP contribution in [0.4, 0.5) is 5.69 Å². The number of hydrogen-bond acceptors (Lipinski definition) is 3. The van der Waals surface area contributed by atoms with E-state index in [1.807, 2.05) is 0 Å². The van der Waals surface area contributed by atoms with Crippen molar-refractivity contribution in [3.8, 4) is 0 Å². The first kappa shape index (κ1) is 11.4. The zero-order valence-electron chi connectivity index (χ0n) is 9.79. The molecule has 1 aromatic carbocycles. The second-order valence-corrected chi connectivity index (χ2v) is 5.60. The molecule has 2 nitrogen and oxygen atoms in total. The topological polar surface area (TPSA) is 38.0 Å². The summed E-state index contributed by atoms with van der Waals surface area (Å²) in [4.78, 5) is 0. The van der Waals surface area contributed by atoms with Gasteiger partial charge in [-0.15, -0.1) is 11.3 Å². The lowest BCUT2D eigenvalue weighted by Crippen LogP contribution is -2.33. The molecular formula is C13H18N2S. The summed E-state index contributed by atoms with van der Waals surface area (Å²) >= 11 is 1.78. The fourth-order valence-electron chi connectivity index (χ4n) is 1.86. The Kier molecular flexibility index (Phi) is 3.17. The van der Waals surface area contributed by atoms with Crippen LogP contribution in [0.2, 0.25) is 0 Å². The number of rotatable bonds is 4. The van der Waals surface area contributed by atoms with Crippen molar-refractivity contribution in [2.45, 2.75) is 25.8 Å². The highest BCUT2D eigenvalue weighted by Crippen LogP contribution is 2.32. The molecule has 86 valence electrons. The van der Waals surface area contributed by atoms with Crippen molar-refractivity contribution in [1.82, 2.24) is 0 Å². The Bertz CT molecular complexity index is 473. The van der Waals surface area contributed by atoms with Gasteiger partial charge < -0.3 is 11.1 Å². The Morgan fingerprint density at radius 3 is 2.81 bits per heavy atom. The minimum atomic E-state index is 0.0542. The highest BCUT2D eigenvalue weighted by Gasteiger charge is 2.17. The van der Waals surface area contributed by atoms with Crippen molar-refractivity contribution in [3.63, 3.8) is 0 Å². The molecule has 0 aliphatic rings. The number of thiophene rings is 1. The van der Waals surface area contributed by atoms with Crippen LogP contribution in [0.25, 0.3) is 10.1 Å². The number of hydrogen-bond donors (Lipinski definition) is 2. The first-order valence-corrected chi connectivity index (χ1v) is 6.45. The molecule has 16 heavy (non-hydrogen) atoms. The van der Waals surface area contributed by atoms with Gasteiger partial charge in [-0.2, -0.15) is 0 Å². The van der Waals surface area contributed by atoms with E-state index in [0.717, 1.165) is 6.42 Å². The van der Waals surface area contributed by atoms with Crippen molar-refractivity contribution in [3.05, 3.63) is 29.6 Å². The predicted octanol–water partition coefficient (Wildman–Crippen LogP) is 3.44. The third-order valence-electron chi connectivity index (χ3n) is 2.72. The Balaban J connectivity index is 2.27. The van der Waals surface area contributed by atoms with Gasteiger partial charge in [-0.05, 0) is 32.9 Å². The quantitative estimate of drug-likeness (QED) is 0.850. The van der Waals surface area contributed by atoms with E-state index >= 15 is 0 Å². The summed E-state index contributed by atoms with van der Waals surface area (Å²) in [5.74, 6) is 0. The number of nitrogens with one attached hydrogen (secondary N) is 1. The minimum absolute atomic E-state index is 0.0542. The predicted molar refractivity (Wildman–Crippen MR) is 73.2 cm³/mol. The SMILES string of the molecule is CC(C)(CCN)Nc1csc2ccccc12. The van der Waals surface area contributed by atoms with Crippen molar-refractivity contribution in [2.75, 3.05) is 11.9 Å². The molecule has 0 amide bonds. The third kappa shape index (κ3) is 2.36. The summed E-state index contributed by atoms with van der Waals surface area (Å²) in [6.45, 7) is 5.08. The first-order chi connectivity index (χ1) is 7.62. The Morgan fingerprint density at radius 2 is 2.06 bits per heavy atom. The van der Waals surface area contributed by atoms with Crippen LogP contribution in [0.1, 0.15) is 20.3 Å². The van der Waals surface area contributed by atoms with Gasteiger partial charge in [0.25, 0.3) is 0 Å². The van der Waals surface area contributed by atoms with Gasteiger partial charge in [0.05, 0.1) is 5.69 Å². The number of benzene rings is 1. The molecule has 2 aromatic rings. The van der Waals surface area contributed by atoms with Crippen LogP contribution in [-0.4, -0.2) is 12.1 Å². The van der Waals surface area contributed by atoms with Crippen LogP contribution in [0.3, 0.4) is 0 Å². The molecule has 0 unspecified atom stereocenters. The van der Waals surface area contributed by atoms with Crippen molar-refractivity contribution in [1.29, 1.82) is 0 Å². The summed E-state index contributed by atoms with van der Waals surface area (Å²) in [6, 6.07) is 8.47. The number of fused-ring (bicyclic) bond motifs is 1. The molecule has 0 saturated carbocycles. The van der Waals surface area contributed by atoms with Crippen molar-refractivity contribution >= 4 is 27.1 Å². The molecule has 0 aliphatic heterocycles. The lowest BCUT2D eigenvalue weighted by Gasteiger charge is -2.26. The van der Waals surface area contributed by atoms with E-state index in [0.29, 0.717) is 6.54 Å². The second kappa shape index (κ2) is 4.44. The largest absolute Gasteiger partial charge is 0.379 e. The third-order valence-corrected chi connectivity index (χ3v) is 3.69. The van der Waals surface area contributed by atoms with Gasteiger partial charge in [-0.3, -0.25) is 0 Å². The molecule has 0 saturated heterocycles. The zero-order chi connectivity index (χ0) is 11.6. The van der Waals surface area contributed by atoms with Crippen molar-refractivity contribution < 1.29 is 0 Å². The van der Waals surface area contributed by atoms with Crippen LogP contribution < -0.4 is 11.1 Å². The van der Waals surface area contributed by atoms with E-state index in [4.69, 9.17) is 5.73 Å². The molecule has 1 heterocycles. The number of anilines is 1. The van der Waals surface area contributed by atoms with Gasteiger partial charge in [-0.25, -0.2) is 0 Å². The molecule has 0 spiro atoms. The van der Waals surface area contributed by atoms with E-state index in [9.17, 15) is 0 Å². The van der Waals surface area contributed by atoms with Crippen LogP contribution >= 0.6 is 11.3 Å². The van der Waals surface area contributed by atoms with Crippen LogP contribution in [0, 0.1) is 0 Å². The molecule has 3 N–H and O–H groups in total. The lowest BCUT2D eigenvalue weighted by molar-refractivity contribution is 0.527. The summed E-state index contributed by atoms with van der Waals surface area (Å²) < 4.78 is 1.33. The molecule has 3 heteroatoms. The molecule has 0 aliphatic carbocycles. The molecule has 0 radical (unpaired) electrons. The average Bonchev–Trinajstić information content (AvgIpc) is 2.61. The fourth-order valence-corrected chi connectivity index (χ4v) is 2.76. The Morgan fingerprint density at radius 1 is 1.31 bits per heavy atom. The molecule has 0 fully saturated rings. The van der Waals surface area contributed by atoms with E-state index in [1.54, 1.807) is 11.3 Å². The first-order valence-electron chi connectivity index (χ1n) is 5.57. The Hall–Kier alpha value is -1.06. The van der Waals surface area contributed by atoms with E-state index in [-0.39, 0.29) is 5.54 Å². The maximum atomic E-state index is 5.62. The zero-order valence-corrected chi connectivity index (χ0v) is 10.6. The highest BCUT2D eigenvalue weighted by atomic mass is 32.1. The smallest absolute Gasteiger partial charge is 0.0533 e. The van der Waals surface area contributed by atoms with Gasteiger partial charge in [-0.1, -0.05) is 18.2 Å². The fraction of sp³-hybridized carbons (Fsp3) is 0.385. The summed E-state index contributed by atoms with van der Waals surface area (Å²) in [7, 11) is 0. The van der Waals surface area contributed by atoms with Crippen LogP contribution in [0.5, 0.6) is 0 Å². The van der Waals surface area contributed by atoms with Gasteiger partial charge in [0.2, 0.25) is 0 Å². The molecule has 1 aromatic heterocycles. The maximum Gasteiger partial charge on any atom is 0.0533 e. The lowest BCUT2D eigenvalue weighted by atomic mass is 10.0. The van der Waals surface area contributed by atoms with E-state index in [2.05, 4.69) is 48.8 Å². The summed E-state index contributed by atoms with van der Waals surface area (Å²) in [5.41, 5.74) is 6.89. The molecule has 0 bridgehead atoms. The highest BCUT2D eigenvalue weighted by molar-refractivity contribution is 7.17. The maximum absolute atomic E-state index is 5.62. The Labute approximate surface area is 100 Å². The normalized spacial score (nSPS) is 11.9. The van der Waals surface area contributed by atoms with Gasteiger partial charge in [0.15, 0.2) is 0 Å². The summed E-state index contributed by atoms with van der Waals surface area (Å²) in [6.07, 6.45) is 0.969. The average molecular weight is 234 g/mol. The number of nitrogens with two attached hydrogens (primary N) is 1. The molecule has 0 atom stereocenters. The van der Waals surface area contributed by atoms with Crippen LogP contribution in [0.15, 0.2) is 29.6 Å². The van der Waals surface area contributed by atoms with Crippen LogP contribution in [-0.2, 0) is 0 Å². The molecular weight excluding hydrogens is 216 g/mol. The standard InChI is InChI=1S/C13H18N2S/c1-13(2,7-8-14)15-11-9-16-12-6-4-3-5-10(11)12/h3-6,9,15H,7-8,14H2,1-2H3. The van der Waals surface area contributed by atoms with E-state index < -0.39 is 0 Å². The summed E-state index contributed by atoms with van der Waals surface area (Å²) in [5, 5.41) is 7.06. The second-order valence-electron chi connectivity index (χ2n) is 4.69. The monoisotopic (exact) mass is 234 g/mol. The van der Waals surface area contributed by atoms with Gasteiger partial charge >= 0.3 is 0 Å². The van der Waals surface area contributed by atoms with E-state index in [1.165, 1.54) is 15.8 Å². The molecule has 2 rings (SSSR count). The van der Waals surface area contributed by atoms with Gasteiger partial charge in [0, 0.05) is 21.0 Å².